The average Bonchev–Trinajstić information content (AvgIpc) is 2.55. The normalized spacial score (nSPS) is 19.7. The monoisotopic (exact) mass is 396 g/mol. The molecule has 2 rings (SSSR count). The highest BCUT2D eigenvalue weighted by Gasteiger charge is 2.27. The predicted molar refractivity (Wildman–Crippen MR) is 98.1 cm³/mol. The van der Waals surface area contributed by atoms with E-state index in [-0.39, 0.29) is 18.4 Å². The number of piperidine rings is 1. The van der Waals surface area contributed by atoms with E-state index in [1.54, 1.807) is 0 Å². The van der Waals surface area contributed by atoms with Gasteiger partial charge in [0.15, 0.2) is 0 Å². The third kappa shape index (κ3) is 5.31. The molecule has 0 spiro atoms. The summed E-state index contributed by atoms with van der Waals surface area (Å²) in [6.07, 6.45) is 2.94. The van der Waals surface area contributed by atoms with Crippen LogP contribution in [0.5, 0.6) is 0 Å². The van der Waals surface area contributed by atoms with Crippen molar-refractivity contribution in [1.82, 2.24) is 4.90 Å². The number of hydrogen-bond acceptors (Lipinski definition) is 3. The van der Waals surface area contributed by atoms with Crippen molar-refractivity contribution in [2.75, 3.05) is 18.4 Å². The minimum Gasteiger partial charge on any atom is -0.481 e. The molecule has 132 valence electrons. The number of nitrogens with one attached hydrogen (secondary N) is 1. The van der Waals surface area contributed by atoms with Crippen LogP contribution in [0.15, 0.2) is 22.7 Å². The molecule has 1 saturated heterocycles. The van der Waals surface area contributed by atoms with Crippen molar-refractivity contribution in [2.24, 2.45) is 5.92 Å². The van der Waals surface area contributed by atoms with Gasteiger partial charge in [0.25, 0.3) is 0 Å². The molecule has 0 aromatic heterocycles. The highest BCUT2D eigenvalue weighted by molar-refractivity contribution is 9.10. The van der Waals surface area contributed by atoms with E-state index < -0.39 is 5.97 Å². The van der Waals surface area contributed by atoms with E-state index >= 15 is 0 Å². The van der Waals surface area contributed by atoms with Crippen LogP contribution in [-0.4, -0.2) is 41.0 Å². The second kappa shape index (κ2) is 8.62. The zero-order valence-electron chi connectivity index (χ0n) is 14.2. The molecule has 1 fully saturated rings. The number of carboxylic acids is 1. The maximum Gasteiger partial charge on any atom is 0.303 e. The Kier molecular flexibility index (Phi) is 6.80. The molecule has 0 bridgehead atoms. The number of carbonyl (C=O) groups is 2. The van der Waals surface area contributed by atoms with Gasteiger partial charge in [0, 0.05) is 17.4 Å². The highest BCUT2D eigenvalue weighted by Crippen LogP contribution is 2.25. The molecular weight excluding hydrogens is 372 g/mol. The van der Waals surface area contributed by atoms with E-state index in [4.69, 9.17) is 5.11 Å². The van der Waals surface area contributed by atoms with Crippen molar-refractivity contribution < 1.29 is 14.7 Å². The van der Waals surface area contributed by atoms with Gasteiger partial charge in [-0.05, 0) is 79.2 Å². The Balaban J connectivity index is 1.93. The molecule has 2 N–H and O–H groups in total. The first-order valence-electron chi connectivity index (χ1n) is 8.39. The number of aliphatic carboxylic acids is 1. The summed E-state index contributed by atoms with van der Waals surface area (Å²) in [6, 6.07) is 5.61. The van der Waals surface area contributed by atoms with Gasteiger partial charge in [0.1, 0.15) is 0 Å². The topological polar surface area (TPSA) is 69.6 Å². The minimum atomic E-state index is -0.748. The van der Waals surface area contributed by atoms with Gasteiger partial charge in [-0.25, -0.2) is 0 Å². The number of anilines is 1. The Morgan fingerprint density at radius 2 is 2.21 bits per heavy atom. The number of hydrogen-bond donors (Lipinski definition) is 2. The van der Waals surface area contributed by atoms with Crippen LogP contribution in [0.4, 0.5) is 5.69 Å². The van der Waals surface area contributed by atoms with Gasteiger partial charge in [0.05, 0.1) is 11.7 Å². The van der Waals surface area contributed by atoms with Gasteiger partial charge >= 0.3 is 5.97 Å². The Morgan fingerprint density at radius 1 is 1.46 bits per heavy atom. The maximum atomic E-state index is 12.6. The van der Waals surface area contributed by atoms with Gasteiger partial charge in [-0.3, -0.25) is 14.5 Å². The maximum absolute atomic E-state index is 12.6. The Hall–Kier alpha value is -1.40. The Bertz CT molecular complexity index is 606. The molecule has 1 aliphatic rings. The molecule has 24 heavy (non-hydrogen) atoms. The molecule has 1 amide bonds. The van der Waals surface area contributed by atoms with E-state index in [2.05, 4.69) is 26.1 Å². The summed E-state index contributed by atoms with van der Waals surface area (Å²) >= 11 is 3.48. The fourth-order valence-electron chi connectivity index (χ4n) is 3.14. The standard InChI is InChI=1S/C18H25BrN2O3/c1-12-5-7-16(15(19)10-12)20-18(24)13(2)21-9-3-4-14(11-21)6-8-17(22)23/h5,7,10,13-14H,3-4,6,8-9,11H2,1-2H3,(H,20,24)(H,22,23). The van der Waals surface area contributed by atoms with Crippen molar-refractivity contribution in [3.8, 4) is 0 Å². The lowest BCUT2D eigenvalue weighted by molar-refractivity contribution is -0.137. The van der Waals surface area contributed by atoms with Crippen molar-refractivity contribution >= 4 is 33.5 Å². The molecule has 1 heterocycles. The summed E-state index contributed by atoms with van der Waals surface area (Å²) in [5.74, 6) is -0.420. The molecule has 2 atom stereocenters. The van der Waals surface area contributed by atoms with Gasteiger partial charge < -0.3 is 10.4 Å². The zero-order valence-corrected chi connectivity index (χ0v) is 15.8. The van der Waals surface area contributed by atoms with Crippen molar-refractivity contribution in [3.05, 3.63) is 28.2 Å². The number of carboxylic acid groups (broad SMARTS) is 1. The number of rotatable bonds is 6. The lowest BCUT2D eigenvalue weighted by atomic mass is 9.92. The average molecular weight is 397 g/mol. The first-order chi connectivity index (χ1) is 11.4. The second-order valence-electron chi connectivity index (χ2n) is 6.58. The van der Waals surface area contributed by atoms with Crippen molar-refractivity contribution in [1.29, 1.82) is 0 Å². The number of nitrogens with zero attached hydrogens (tertiary/aromatic N) is 1. The van der Waals surface area contributed by atoms with Crippen molar-refractivity contribution in [3.63, 3.8) is 0 Å². The van der Waals surface area contributed by atoms with Crippen molar-refractivity contribution in [2.45, 2.75) is 45.6 Å². The molecule has 2 unspecified atom stereocenters. The quantitative estimate of drug-likeness (QED) is 0.769. The summed E-state index contributed by atoms with van der Waals surface area (Å²) in [7, 11) is 0. The van der Waals surface area contributed by atoms with E-state index in [1.165, 1.54) is 0 Å². The van der Waals surface area contributed by atoms with Gasteiger partial charge in [-0.2, -0.15) is 0 Å². The van der Waals surface area contributed by atoms with Crippen LogP contribution in [0.2, 0.25) is 0 Å². The number of benzene rings is 1. The van der Waals surface area contributed by atoms with Crippen LogP contribution in [-0.2, 0) is 9.59 Å². The van der Waals surface area contributed by atoms with Gasteiger partial charge in [-0.15, -0.1) is 0 Å². The Morgan fingerprint density at radius 3 is 2.88 bits per heavy atom. The number of amides is 1. The summed E-state index contributed by atoms with van der Waals surface area (Å²) in [6.45, 7) is 5.59. The van der Waals surface area contributed by atoms with Crippen LogP contribution in [0.25, 0.3) is 0 Å². The first-order valence-corrected chi connectivity index (χ1v) is 9.19. The number of likely N-dealkylation sites (tertiary alicyclic amines) is 1. The molecule has 1 aliphatic heterocycles. The third-order valence-corrected chi connectivity index (χ3v) is 5.28. The molecule has 5 nitrogen and oxygen atoms in total. The Labute approximate surface area is 151 Å². The number of aryl methyl sites for hydroxylation is 1. The first kappa shape index (κ1) is 18.9. The molecule has 0 radical (unpaired) electrons. The SMILES string of the molecule is Cc1ccc(NC(=O)C(C)N2CCCC(CCC(=O)O)C2)c(Br)c1. The van der Waals surface area contributed by atoms with Crippen LogP contribution in [0.1, 0.15) is 38.2 Å². The highest BCUT2D eigenvalue weighted by atomic mass is 79.9. The molecule has 0 aliphatic carbocycles. The summed E-state index contributed by atoms with van der Waals surface area (Å²) in [5.41, 5.74) is 1.90. The van der Waals surface area contributed by atoms with Crippen LogP contribution in [0, 0.1) is 12.8 Å². The fourth-order valence-corrected chi connectivity index (χ4v) is 3.73. The summed E-state index contributed by atoms with van der Waals surface area (Å²) < 4.78 is 0.876. The molecule has 1 aromatic rings. The smallest absolute Gasteiger partial charge is 0.303 e. The van der Waals surface area contributed by atoms with Gasteiger partial charge in [-0.1, -0.05) is 6.07 Å². The molecule has 1 aromatic carbocycles. The summed E-state index contributed by atoms with van der Waals surface area (Å²) in [4.78, 5) is 25.5. The molecule has 6 heteroatoms. The minimum absolute atomic E-state index is 0.0292. The number of halogens is 1. The predicted octanol–water partition coefficient (Wildman–Crippen LogP) is 3.66. The van der Waals surface area contributed by atoms with Crippen LogP contribution >= 0.6 is 15.9 Å². The summed E-state index contributed by atoms with van der Waals surface area (Å²) in [5, 5.41) is 11.8. The fraction of sp³-hybridized carbons (Fsp3) is 0.556. The second-order valence-corrected chi connectivity index (χ2v) is 7.44. The van der Waals surface area contributed by atoms with E-state index in [0.717, 1.165) is 41.7 Å². The van der Waals surface area contributed by atoms with E-state index in [9.17, 15) is 9.59 Å². The molecule has 0 saturated carbocycles. The van der Waals surface area contributed by atoms with E-state index in [1.807, 2.05) is 32.0 Å². The molecular formula is C18H25BrN2O3. The number of carbonyl (C=O) groups excluding carboxylic acids is 1. The third-order valence-electron chi connectivity index (χ3n) is 4.63. The van der Waals surface area contributed by atoms with Gasteiger partial charge in [0.2, 0.25) is 5.91 Å². The van der Waals surface area contributed by atoms with Crippen LogP contribution in [0.3, 0.4) is 0 Å². The zero-order chi connectivity index (χ0) is 17.7. The lowest BCUT2D eigenvalue weighted by Crippen LogP contribution is -2.47. The largest absolute Gasteiger partial charge is 0.481 e. The van der Waals surface area contributed by atoms with Crippen LogP contribution < -0.4 is 5.32 Å². The van der Waals surface area contributed by atoms with E-state index in [0.29, 0.717) is 12.3 Å². The lowest BCUT2D eigenvalue weighted by Gasteiger charge is -2.36.